The van der Waals surface area contributed by atoms with Crippen LogP contribution in [0.5, 0.6) is 0 Å². The van der Waals surface area contributed by atoms with Gasteiger partial charge in [0.1, 0.15) is 0 Å². The average molecular weight is 348 g/mol. The van der Waals surface area contributed by atoms with E-state index < -0.39 is 0 Å². The highest BCUT2D eigenvalue weighted by atomic mass is 16.5. The molecule has 136 valence electrons. The van der Waals surface area contributed by atoms with Crippen molar-refractivity contribution in [1.29, 1.82) is 0 Å². The summed E-state index contributed by atoms with van der Waals surface area (Å²) in [5.41, 5.74) is 5.43. The fraction of sp³-hybridized carbons (Fsp3) is 0.391. The fourth-order valence-electron chi connectivity index (χ4n) is 3.76. The molecule has 0 N–H and O–H groups in total. The largest absolute Gasteiger partial charge is 0.379 e. The first-order valence-electron chi connectivity index (χ1n) is 9.71. The van der Waals surface area contributed by atoms with Gasteiger partial charge in [0.25, 0.3) is 0 Å². The summed E-state index contributed by atoms with van der Waals surface area (Å²) in [6.07, 6.45) is 4.58. The Labute approximate surface area is 156 Å². The summed E-state index contributed by atoms with van der Waals surface area (Å²) >= 11 is 0. The Kier molecular flexibility index (Phi) is 5.37. The molecule has 0 bridgehead atoms. The number of hydrogen-bond donors (Lipinski definition) is 0. The van der Waals surface area contributed by atoms with Crippen LogP contribution >= 0.6 is 0 Å². The molecule has 0 amide bonds. The number of morpholine rings is 1. The minimum atomic E-state index is 0.889. The third-order valence-corrected chi connectivity index (χ3v) is 5.35. The Morgan fingerprint density at radius 3 is 2.50 bits per heavy atom. The van der Waals surface area contributed by atoms with Gasteiger partial charge in [0.2, 0.25) is 0 Å². The van der Waals surface area contributed by atoms with Gasteiger partial charge in [-0.25, -0.2) is 0 Å². The molecule has 3 heteroatoms. The van der Waals surface area contributed by atoms with Crippen LogP contribution in [0.15, 0.2) is 54.7 Å². The highest BCUT2D eigenvalue weighted by Gasteiger charge is 2.09. The van der Waals surface area contributed by atoms with Crippen molar-refractivity contribution >= 4 is 10.9 Å². The molecule has 1 saturated heterocycles. The molecular weight excluding hydrogens is 320 g/mol. The normalized spacial score (nSPS) is 15.6. The lowest BCUT2D eigenvalue weighted by atomic mass is 10.1. The van der Waals surface area contributed by atoms with E-state index in [1.165, 1.54) is 40.6 Å². The maximum absolute atomic E-state index is 5.42. The molecule has 0 aliphatic carbocycles. The predicted molar refractivity (Wildman–Crippen MR) is 108 cm³/mol. The van der Waals surface area contributed by atoms with Crippen LogP contribution in [-0.2, 0) is 17.7 Å². The van der Waals surface area contributed by atoms with Crippen molar-refractivity contribution in [3.05, 3.63) is 71.4 Å². The lowest BCUT2D eigenvalue weighted by Gasteiger charge is -2.26. The van der Waals surface area contributed by atoms with Gasteiger partial charge in [0, 0.05) is 31.3 Å². The lowest BCUT2D eigenvalue weighted by Crippen LogP contribution is -2.36. The number of hydrogen-bond acceptors (Lipinski definition) is 2. The molecule has 3 aromatic rings. The van der Waals surface area contributed by atoms with E-state index in [9.17, 15) is 0 Å². The van der Waals surface area contributed by atoms with Crippen molar-refractivity contribution in [2.24, 2.45) is 0 Å². The van der Waals surface area contributed by atoms with Crippen molar-refractivity contribution < 1.29 is 4.74 Å². The van der Waals surface area contributed by atoms with Gasteiger partial charge < -0.3 is 9.30 Å². The SMILES string of the molecule is Cc1ccc(Cn2ccc3cc(CCCN4CCOCC4)ccc32)cc1. The van der Waals surface area contributed by atoms with E-state index in [-0.39, 0.29) is 0 Å². The smallest absolute Gasteiger partial charge is 0.0594 e. The molecule has 1 aromatic heterocycles. The third-order valence-electron chi connectivity index (χ3n) is 5.35. The zero-order valence-corrected chi connectivity index (χ0v) is 15.7. The van der Waals surface area contributed by atoms with Crippen molar-refractivity contribution in [3.8, 4) is 0 Å². The second-order valence-corrected chi connectivity index (χ2v) is 7.38. The quantitative estimate of drug-likeness (QED) is 0.662. The van der Waals surface area contributed by atoms with E-state index >= 15 is 0 Å². The summed E-state index contributed by atoms with van der Waals surface area (Å²) in [4.78, 5) is 2.51. The molecular formula is C23H28N2O. The molecule has 0 radical (unpaired) electrons. The molecule has 26 heavy (non-hydrogen) atoms. The van der Waals surface area contributed by atoms with Crippen molar-refractivity contribution in [2.75, 3.05) is 32.8 Å². The van der Waals surface area contributed by atoms with Crippen molar-refractivity contribution in [1.82, 2.24) is 9.47 Å². The number of benzene rings is 2. The number of fused-ring (bicyclic) bond motifs is 1. The monoisotopic (exact) mass is 348 g/mol. The summed E-state index contributed by atoms with van der Waals surface area (Å²) in [6.45, 7) is 8.19. The number of ether oxygens (including phenoxy) is 1. The average Bonchev–Trinajstić information content (AvgIpc) is 3.07. The van der Waals surface area contributed by atoms with Crippen LogP contribution in [0.3, 0.4) is 0 Å². The summed E-state index contributed by atoms with van der Waals surface area (Å²) in [5.74, 6) is 0. The van der Waals surface area contributed by atoms with Gasteiger partial charge in [0.05, 0.1) is 13.2 Å². The highest BCUT2D eigenvalue weighted by molar-refractivity contribution is 5.81. The van der Waals surface area contributed by atoms with Gasteiger partial charge in [-0.05, 0) is 61.0 Å². The molecule has 1 aliphatic heterocycles. The number of aryl methyl sites for hydroxylation is 2. The van der Waals surface area contributed by atoms with Gasteiger partial charge >= 0.3 is 0 Å². The topological polar surface area (TPSA) is 17.4 Å². The van der Waals surface area contributed by atoms with E-state index in [0.29, 0.717) is 0 Å². The Morgan fingerprint density at radius 1 is 0.923 bits per heavy atom. The Balaban J connectivity index is 1.39. The Bertz CT molecular complexity index is 844. The lowest BCUT2D eigenvalue weighted by molar-refractivity contribution is 0.0375. The second-order valence-electron chi connectivity index (χ2n) is 7.38. The number of rotatable bonds is 6. The number of nitrogens with zero attached hydrogens (tertiary/aromatic N) is 2. The van der Waals surface area contributed by atoms with Crippen LogP contribution in [0.25, 0.3) is 10.9 Å². The van der Waals surface area contributed by atoms with Crippen LogP contribution < -0.4 is 0 Å². The summed E-state index contributed by atoms with van der Waals surface area (Å²) in [5, 5.41) is 1.35. The molecule has 4 rings (SSSR count). The zero-order chi connectivity index (χ0) is 17.8. The minimum Gasteiger partial charge on any atom is -0.379 e. The number of aromatic nitrogens is 1. The predicted octanol–water partition coefficient (Wildman–Crippen LogP) is 4.26. The first-order valence-corrected chi connectivity index (χ1v) is 9.71. The van der Waals surface area contributed by atoms with E-state index in [4.69, 9.17) is 4.74 Å². The first-order chi connectivity index (χ1) is 12.8. The van der Waals surface area contributed by atoms with Crippen LogP contribution in [0, 0.1) is 6.92 Å². The molecule has 0 saturated carbocycles. The molecule has 0 spiro atoms. The maximum Gasteiger partial charge on any atom is 0.0594 e. The molecule has 2 heterocycles. The Morgan fingerprint density at radius 2 is 1.69 bits per heavy atom. The fourth-order valence-corrected chi connectivity index (χ4v) is 3.76. The van der Waals surface area contributed by atoms with Crippen molar-refractivity contribution in [2.45, 2.75) is 26.3 Å². The second kappa shape index (κ2) is 8.07. The van der Waals surface area contributed by atoms with Crippen LogP contribution in [-0.4, -0.2) is 42.3 Å². The van der Waals surface area contributed by atoms with Gasteiger partial charge in [0.15, 0.2) is 0 Å². The summed E-state index contributed by atoms with van der Waals surface area (Å²) in [7, 11) is 0. The molecule has 2 aromatic carbocycles. The van der Waals surface area contributed by atoms with Gasteiger partial charge in [-0.3, -0.25) is 4.90 Å². The first kappa shape index (κ1) is 17.3. The van der Waals surface area contributed by atoms with Crippen LogP contribution in [0.2, 0.25) is 0 Å². The van der Waals surface area contributed by atoms with Gasteiger partial charge in [-0.2, -0.15) is 0 Å². The molecule has 0 unspecified atom stereocenters. The molecule has 1 fully saturated rings. The van der Waals surface area contributed by atoms with Crippen LogP contribution in [0.4, 0.5) is 0 Å². The molecule has 0 atom stereocenters. The standard InChI is InChI=1S/C23H28N2O/c1-19-4-6-21(7-5-19)18-25-12-10-22-17-20(8-9-23(22)25)3-2-11-24-13-15-26-16-14-24/h4-10,12,17H,2-3,11,13-16,18H2,1H3. The Hall–Kier alpha value is -2.10. The van der Waals surface area contributed by atoms with E-state index in [2.05, 4.69) is 71.1 Å². The van der Waals surface area contributed by atoms with E-state index in [1.807, 2.05) is 0 Å². The molecule has 1 aliphatic rings. The van der Waals surface area contributed by atoms with Gasteiger partial charge in [-0.15, -0.1) is 0 Å². The molecule has 3 nitrogen and oxygen atoms in total. The van der Waals surface area contributed by atoms with E-state index in [0.717, 1.165) is 39.3 Å². The zero-order valence-electron chi connectivity index (χ0n) is 15.7. The van der Waals surface area contributed by atoms with Crippen molar-refractivity contribution in [3.63, 3.8) is 0 Å². The minimum absolute atomic E-state index is 0.889. The highest BCUT2D eigenvalue weighted by Crippen LogP contribution is 2.20. The third kappa shape index (κ3) is 4.17. The van der Waals surface area contributed by atoms with Gasteiger partial charge in [-0.1, -0.05) is 35.9 Å². The van der Waals surface area contributed by atoms with Crippen LogP contribution in [0.1, 0.15) is 23.1 Å². The van der Waals surface area contributed by atoms with E-state index in [1.54, 1.807) is 0 Å². The summed E-state index contributed by atoms with van der Waals surface area (Å²) < 4.78 is 7.76. The summed E-state index contributed by atoms with van der Waals surface area (Å²) in [6, 6.07) is 18.0. The maximum atomic E-state index is 5.42.